The number of aromatic nitrogens is 1. The van der Waals surface area contributed by atoms with E-state index in [9.17, 15) is 32.3 Å². The standard InChI is InChI=1S/C31H32F3N3O5/c1-19(2)24(28(39)31(32,33)34)17-26(38)27(21-11-13-23(42-3)14-12-21)37-30(41)25(16-20-8-7-15-35-18-20)36-29(40)22-9-5-4-6-10-22/h4-15,18-19,24-25,27H,16-17H2,1-3H3,(H,36,40)(H,37,41)/t24-,25-,27-/m0/s1. The molecule has 0 saturated carbocycles. The Balaban J connectivity index is 1.94. The Bertz CT molecular complexity index is 1360. The van der Waals surface area contributed by atoms with Gasteiger partial charge in [-0.3, -0.25) is 24.2 Å². The number of benzene rings is 2. The van der Waals surface area contributed by atoms with Crippen molar-refractivity contribution in [2.24, 2.45) is 11.8 Å². The third kappa shape index (κ3) is 8.73. The van der Waals surface area contributed by atoms with Crippen LogP contribution >= 0.6 is 0 Å². The summed E-state index contributed by atoms with van der Waals surface area (Å²) < 4.78 is 45.1. The van der Waals surface area contributed by atoms with E-state index in [-0.39, 0.29) is 12.0 Å². The number of methoxy groups -OCH3 is 1. The molecule has 0 radical (unpaired) electrons. The number of carbonyl (C=O) groups is 4. The molecule has 42 heavy (non-hydrogen) atoms. The highest BCUT2D eigenvalue weighted by Gasteiger charge is 2.45. The molecule has 11 heteroatoms. The molecule has 0 spiro atoms. The molecule has 3 rings (SSSR count). The van der Waals surface area contributed by atoms with Crippen molar-refractivity contribution in [2.45, 2.75) is 44.9 Å². The van der Waals surface area contributed by atoms with Gasteiger partial charge in [-0.05, 0) is 47.4 Å². The number of pyridine rings is 1. The molecule has 0 aliphatic heterocycles. The third-order valence-electron chi connectivity index (χ3n) is 6.72. The lowest BCUT2D eigenvalue weighted by atomic mass is 9.84. The molecule has 0 aliphatic rings. The highest BCUT2D eigenvalue weighted by atomic mass is 19.4. The van der Waals surface area contributed by atoms with Crippen molar-refractivity contribution in [3.05, 3.63) is 95.8 Å². The Hall–Kier alpha value is -4.54. The lowest BCUT2D eigenvalue weighted by Gasteiger charge is -2.26. The van der Waals surface area contributed by atoms with Gasteiger partial charge in [-0.2, -0.15) is 13.2 Å². The first-order valence-corrected chi connectivity index (χ1v) is 13.2. The van der Waals surface area contributed by atoms with Crippen LogP contribution in [0.2, 0.25) is 0 Å². The summed E-state index contributed by atoms with van der Waals surface area (Å²) in [6, 6.07) is 15.1. The molecule has 1 aromatic heterocycles. The molecular weight excluding hydrogens is 551 g/mol. The van der Waals surface area contributed by atoms with Crippen LogP contribution in [0.1, 0.15) is 47.8 Å². The molecule has 0 aliphatic carbocycles. The number of alkyl halides is 3. The Morgan fingerprint density at radius 2 is 1.57 bits per heavy atom. The van der Waals surface area contributed by atoms with E-state index in [2.05, 4.69) is 15.6 Å². The lowest BCUT2D eigenvalue weighted by molar-refractivity contribution is -0.177. The summed E-state index contributed by atoms with van der Waals surface area (Å²) in [5.74, 6) is -6.07. The van der Waals surface area contributed by atoms with Gasteiger partial charge in [-0.1, -0.05) is 50.2 Å². The molecule has 3 aromatic rings. The average molecular weight is 584 g/mol. The molecule has 222 valence electrons. The van der Waals surface area contributed by atoms with Crippen LogP contribution in [0.3, 0.4) is 0 Å². The van der Waals surface area contributed by atoms with Gasteiger partial charge in [0.15, 0.2) is 5.78 Å². The summed E-state index contributed by atoms with van der Waals surface area (Å²) in [6.45, 7) is 2.84. The zero-order chi connectivity index (χ0) is 30.9. The number of hydrogen-bond acceptors (Lipinski definition) is 6. The summed E-state index contributed by atoms with van der Waals surface area (Å²) in [5.41, 5.74) is 1.19. The van der Waals surface area contributed by atoms with Crippen molar-refractivity contribution in [3.8, 4) is 5.75 Å². The third-order valence-corrected chi connectivity index (χ3v) is 6.72. The Kier molecular flexibility index (Phi) is 11.0. The van der Waals surface area contributed by atoms with Crippen molar-refractivity contribution in [2.75, 3.05) is 7.11 Å². The average Bonchev–Trinajstić information content (AvgIpc) is 2.98. The first-order chi connectivity index (χ1) is 19.9. The maximum absolute atomic E-state index is 13.7. The molecule has 0 saturated heterocycles. The fraction of sp³-hybridized carbons (Fsp3) is 0.323. The number of rotatable bonds is 13. The lowest BCUT2D eigenvalue weighted by Crippen LogP contribution is -2.50. The van der Waals surface area contributed by atoms with Gasteiger partial charge in [0.25, 0.3) is 5.91 Å². The SMILES string of the molecule is COc1ccc([C@H](NC(=O)[C@H](Cc2cccnc2)NC(=O)c2ccccc2)C(=O)C[C@H](C(=O)C(F)(F)F)C(C)C)cc1. The van der Waals surface area contributed by atoms with Crippen molar-refractivity contribution < 1.29 is 37.1 Å². The molecule has 0 unspecified atom stereocenters. The minimum absolute atomic E-state index is 0.0168. The van der Waals surface area contributed by atoms with Crippen LogP contribution < -0.4 is 15.4 Å². The number of ketones is 2. The zero-order valence-electron chi connectivity index (χ0n) is 23.4. The van der Waals surface area contributed by atoms with Gasteiger partial charge in [0.1, 0.15) is 17.8 Å². The quantitative estimate of drug-likeness (QED) is 0.303. The fourth-order valence-corrected chi connectivity index (χ4v) is 4.36. The first kappa shape index (κ1) is 32.0. The number of hydrogen-bond donors (Lipinski definition) is 2. The van der Waals surface area contributed by atoms with E-state index in [0.29, 0.717) is 16.9 Å². The topological polar surface area (TPSA) is 114 Å². The van der Waals surface area contributed by atoms with E-state index < -0.39 is 59.9 Å². The normalized spacial score (nSPS) is 13.5. The number of ether oxygens (including phenoxy) is 1. The van der Waals surface area contributed by atoms with Crippen molar-refractivity contribution in [3.63, 3.8) is 0 Å². The minimum atomic E-state index is -5.12. The molecule has 3 atom stereocenters. The fourth-order valence-electron chi connectivity index (χ4n) is 4.36. The van der Waals surface area contributed by atoms with Crippen molar-refractivity contribution >= 4 is 23.4 Å². The number of carbonyl (C=O) groups excluding carboxylic acids is 4. The first-order valence-electron chi connectivity index (χ1n) is 13.2. The summed E-state index contributed by atoms with van der Waals surface area (Å²) in [4.78, 5) is 56.4. The van der Waals surface area contributed by atoms with Crippen LogP contribution in [-0.2, 0) is 20.8 Å². The summed E-state index contributed by atoms with van der Waals surface area (Å²) >= 11 is 0. The molecular formula is C31H32F3N3O5. The molecule has 8 nitrogen and oxygen atoms in total. The highest BCUT2D eigenvalue weighted by Crippen LogP contribution is 2.30. The van der Waals surface area contributed by atoms with Crippen LogP contribution in [0.25, 0.3) is 0 Å². The zero-order valence-corrected chi connectivity index (χ0v) is 23.4. The Morgan fingerprint density at radius 3 is 2.12 bits per heavy atom. The molecule has 1 heterocycles. The van der Waals surface area contributed by atoms with E-state index in [1.165, 1.54) is 51.4 Å². The van der Waals surface area contributed by atoms with Gasteiger partial charge in [0.05, 0.1) is 7.11 Å². The summed E-state index contributed by atoms with van der Waals surface area (Å²) in [6.07, 6.45) is -2.78. The Morgan fingerprint density at radius 1 is 0.905 bits per heavy atom. The van der Waals surface area contributed by atoms with Crippen molar-refractivity contribution in [1.29, 1.82) is 0 Å². The molecule has 2 aromatic carbocycles. The van der Waals surface area contributed by atoms with E-state index in [4.69, 9.17) is 4.74 Å². The number of halogens is 3. The number of Topliss-reactive ketones (excluding diaryl/α,β-unsaturated/α-hetero) is 2. The predicted octanol–water partition coefficient (Wildman–Crippen LogP) is 4.65. The van der Waals surface area contributed by atoms with Crippen LogP contribution in [0.4, 0.5) is 13.2 Å². The largest absolute Gasteiger partial charge is 0.497 e. The van der Waals surface area contributed by atoms with Gasteiger partial charge in [0.2, 0.25) is 11.7 Å². The molecule has 2 amide bonds. The van der Waals surface area contributed by atoms with Crippen LogP contribution in [-0.4, -0.2) is 47.7 Å². The van der Waals surface area contributed by atoms with Gasteiger partial charge >= 0.3 is 6.18 Å². The van der Waals surface area contributed by atoms with Gasteiger partial charge in [0, 0.05) is 36.7 Å². The van der Waals surface area contributed by atoms with Crippen LogP contribution in [0.5, 0.6) is 5.75 Å². The second-order valence-electron chi connectivity index (χ2n) is 10.1. The van der Waals surface area contributed by atoms with E-state index in [0.717, 1.165) is 0 Å². The molecule has 0 bridgehead atoms. The Labute approximate surface area is 241 Å². The van der Waals surface area contributed by atoms with Gasteiger partial charge in [-0.15, -0.1) is 0 Å². The second kappa shape index (κ2) is 14.4. The van der Waals surface area contributed by atoms with Crippen LogP contribution in [0.15, 0.2) is 79.1 Å². The van der Waals surface area contributed by atoms with Crippen LogP contribution in [0, 0.1) is 11.8 Å². The van der Waals surface area contributed by atoms with Gasteiger partial charge in [-0.25, -0.2) is 0 Å². The van der Waals surface area contributed by atoms with E-state index in [1.807, 2.05) is 0 Å². The number of amides is 2. The summed E-state index contributed by atoms with van der Waals surface area (Å²) in [5, 5.41) is 5.29. The predicted molar refractivity (Wildman–Crippen MR) is 149 cm³/mol. The smallest absolute Gasteiger partial charge is 0.450 e. The van der Waals surface area contributed by atoms with E-state index >= 15 is 0 Å². The van der Waals surface area contributed by atoms with Crippen molar-refractivity contribution in [1.82, 2.24) is 15.6 Å². The molecule has 0 fully saturated rings. The van der Waals surface area contributed by atoms with Gasteiger partial charge < -0.3 is 15.4 Å². The number of nitrogens with zero attached hydrogens (tertiary/aromatic N) is 1. The minimum Gasteiger partial charge on any atom is -0.497 e. The molecule has 2 N–H and O–H groups in total. The maximum atomic E-state index is 13.7. The highest BCUT2D eigenvalue weighted by molar-refractivity contribution is 5.99. The monoisotopic (exact) mass is 583 g/mol. The van der Waals surface area contributed by atoms with E-state index in [1.54, 1.807) is 48.7 Å². The maximum Gasteiger partial charge on any atom is 0.450 e. The second-order valence-corrected chi connectivity index (χ2v) is 10.1. The number of nitrogens with one attached hydrogen (secondary N) is 2. The summed E-state index contributed by atoms with van der Waals surface area (Å²) in [7, 11) is 1.44.